The highest BCUT2D eigenvalue weighted by molar-refractivity contribution is 5.88. The molecule has 122 valence electrons. The number of anilines is 1. The third-order valence-corrected chi connectivity index (χ3v) is 3.65. The third-order valence-electron chi connectivity index (χ3n) is 3.65. The fourth-order valence-electron chi connectivity index (χ4n) is 2.70. The Balaban J connectivity index is 1.74. The van der Waals surface area contributed by atoms with Gasteiger partial charge in [0.15, 0.2) is 5.79 Å². The summed E-state index contributed by atoms with van der Waals surface area (Å²) in [6.07, 6.45) is 3.72. The lowest BCUT2D eigenvalue weighted by molar-refractivity contribution is -0.139. The maximum absolute atomic E-state index is 11.1. The molecule has 2 aromatic rings. The molecule has 0 aliphatic carbocycles. The molecule has 1 unspecified atom stereocenters. The summed E-state index contributed by atoms with van der Waals surface area (Å²) in [6, 6.07) is 7.63. The van der Waals surface area contributed by atoms with E-state index in [-0.39, 0.29) is 12.0 Å². The highest BCUT2D eigenvalue weighted by Gasteiger charge is 2.33. The molecule has 1 aromatic heterocycles. The molecule has 0 spiro atoms. The van der Waals surface area contributed by atoms with Gasteiger partial charge in [0.25, 0.3) is 0 Å². The van der Waals surface area contributed by atoms with Gasteiger partial charge >= 0.3 is 0 Å². The van der Waals surface area contributed by atoms with Gasteiger partial charge in [0.2, 0.25) is 5.91 Å². The van der Waals surface area contributed by atoms with E-state index in [2.05, 4.69) is 14.9 Å². The lowest BCUT2D eigenvalue weighted by atomic mass is 10.2. The van der Waals surface area contributed by atoms with Crippen molar-refractivity contribution in [3.8, 4) is 11.4 Å². The topological polar surface area (TPSA) is 65.4 Å². The lowest BCUT2D eigenvalue weighted by Gasteiger charge is -2.18. The van der Waals surface area contributed by atoms with Crippen molar-refractivity contribution in [2.24, 2.45) is 0 Å². The second kappa shape index (κ2) is 6.14. The molecule has 1 aliphatic heterocycles. The number of aromatic nitrogens is 2. The molecule has 1 atom stereocenters. The van der Waals surface area contributed by atoms with E-state index < -0.39 is 5.79 Å². The number of hydrogen-bond acceptors (Lipinski definition) is 4. The Labute approximate surface area is 135 Å². The van der Waals surface area contributed by atoms with Gasteiger partial charge in [-0.1, -0.05) is 0 Å². The number of hydrogen-bond donors (Lipinski definition) is 1. The first-order valence-corrected chi connectivity index (χ1v) is 7.64. The van der Waals surface area contributed by atoms with Gasteiger partial charge in [-0.3, -0.25) is 4.79 Å². The van der Waals surface area contributed by atoms with Crippen molar-refractivity contribution in [1.29, 1.82) is 0 Å². The van der Waals surface area contributed by atoms with E-state index in [0.717, 1.165) is 17.1 Å². The Morgan fingerprint density at radius 2 is 2.13 bits per heavy atom. The number of carbonyl (C=O) groups excluding carboxylic acids is 1. The van der Waals surface area contributed by atoms with Crippen molar-refractivity contribution in [2.75, 3.05) is 11.9 Å². The maximum Gasteiger partial charge on any atom is 0.221 e. The first kappa shape index (κ1) is 15.7. The van der Waals surface area contributed by atoms with Crippen molar-refractivity contribution < 1.29 is 14.3 Å². The van der Waals surface area contributed by atoms with E-state index in [4.69, 9.17) is 9.47 Å². The van der Waals surface area contributed by atoms with Gasteiger partial charge in [-0.25, -0.2) is 4.98 Å². The van der Waals surface area contributed by atoms with E-state index in [9.17, 15) is 4.79 Å². The monoisotopic (exact) mass is 315 g/mol. The van der Waals surface area contributed by atoms with Crippen LogP contribution < -0.4 is 5.32 Å². The van der Waals surface area contributed by atoms with E-state index in [0.29, 0.717) is 13.2 Å². The summed E-state index contributed by atoms with van der Waals surface area (Å²) < 4.78 is 13.5. The zero-order valence-electron chi connectivity index (χ0n) is 13.6. The van der Waals surface area contributed by atoms with Crippen molar-refractivity contribution in [2.45, 2.75) is 39.2 Å². The summed E-state index contributed by atoms with van der Waals surface area (Å²) in [6.45, 7) is 6.59. The van der Waals surface area contributed by atoms with E-state index in [1.54, 1.807) is 6.20 Å². The van der Waals surface area contributed by atoms with Crippen LogP contribution in [0.25, 0.3) is 11.4 Å². The van der Waals surface area contributed by atoms with E-state index in [1.165, 1.54) is 6.92 Å². The van der Waals surface area contributed by atoms with Crippen molar-refractivity contribution in [3.63, 3.8) is 0 Å². The number of benzene rings is 1. The smallest absolute Gasteiger partial charge is 0.221 e. The highest BCUT2D eigenvalue weighted by atomic mass is 16.7. The van der Waals surface area contributed by atoms with Gasteiger partial charge in [-0.05, 0) is 38.1 Å². The van der Waals surface area contributed by atoms with E-state index in [1.807, 2.05) is 44.3 Å². The minimum absolute atomic E-state index is 0.0107. The van der Waals surface area contributed by atoms with Crippen LogP contribution in [0.15, 0.2) is 36.7 Å². The van der Waals surface area contributed by atoms with Crippen LogP contribution in [-0.4, -0.2) is 34.0 Å². The minimum Gasteiger partial charge on any atom is -0.348 e. The molecule has 23 heavy (non-hydrogen) atoms. The van der Waals surface area contributed by atoms with Crippen molar-refractivity contribution >= 4 is 11.6 Å². The van der Waals surface area contributed by atoms with E-state index >= 15 is 0 Å². The van der Waals surface area contributed by atoms with Gasteiger partial charge in [-0.15, -0.1) is 0 Å². The molecule has 0 radical (unpaired) electrons. The van der Waals surface area contributed by atoms with Crippen LogP contribution in [0, 0.1) is 0 Å². The Morgan fingerprint density at radius 1 is 1.39 bits per heavy atom. The number of carbonyl (C=O) groups is 1. The fraction of sp³-hybridized carbons (Fsp3) is 0.412. The van der Waals surface area contributed by atoms with Gasteiger partial charge < -0.3 is 19.4 Å². The third kappa shape index (κ3) is 3.78. The highest BCUT2D eigenvalue weighted by Crippen LogP contribution is 2.25. The zero-order valence-corrected chi connectivity index (χ0v) is 13.6. The lowest BCUT2D eigenvalue weighted by Crippen LogP contribution is -2.24. The van der Waals surface area contributed by atoms with Crippen molar-refractivity contribution in [3.05, 3.63) is 36.7 Å². The van der Waals surface area contributed by atoms with Crippen LogP contribution in [0.1, 0.15) is 20.8 Å². The molecule has 0 bridgehead atoms. The largest absolute Gasteiger partial charge is 0.348 e. The quantitative estimate of drug-likeness (QED) is 0.942. The van der Waals surface area contributed by atoms with Crippen LogP contribution in [0.2, 0.25) is 0 Å². The molecule has 3 rings (SSSR count). The predicted octanol–water partition coefficient (Wildman–Crippen LogP) is 2.66. The molecule has 1 aliphatic rings. The van der Waals surface area contributed by atoms with Gasteiger partial charge in [0.05, 0.1) is 13.2 Å². The maximum atomic E-state index is 11.1. The zero-order chi connectivity index (χ0) is 16.4. The number of ether oxygens (including phenoxy) is 2. The summed E-state index contributed by atoms with van der Waals surface area (Å²) in [4.78, 5) is 15.5. The Hall–Kier alpha value is -2.18. The summed E-state index contributed by atoms with van der Waals surface area (Å²) in [5, 5.41) is 2.76. The summed E-state index contributed by atoms with van der Waals surface area (Å²) in [5.41, 5.74) is 1.76. The summed E-state index contributed by atoms with van der Waals surface area (Å²) in [5.74, 6) is 0.263. The number of rotatable bonds is 4. The molecular formula is C17H21N3O3. The second-order valence-electron chi connectivity index (χ2n) is 6.11. The molecule has 1 amide bonds. The first-order chi connectivity index (χ1) is 10.9. The number of nitrogens with one attached hydrogen (secondary N) is 1. The number of imidazole rings is 1. The normalized spacial score (nSPS) is 19.7. The Kier molecular flexibility index (Phi) is 4.19. The summed E-state index contributed by atoms with van der Waals surface area (Å²) in [7, 11) is 0. The van der Waals surface area contributed by atoms with Gasteiger partial charge in [0, 0.05) is 30.6 Å². The van der Waals surface area contributed by atoms with Gasteiger partial charge in [0.1, 0.15) is 11.9 Å². The minimum atomic E-state index is -0.522. The average molecular weight is 315 g/mol. The van der Waals surface area contributed by atoms with Gasteiger partial charge in [-0.2, -0.15) is 0 Å². The molecule has 1 fully saturated rings. The fourth-order valence-corrected chi connectivity index (χ4v) is 2.70. The molecule has 1 aromatic carbocycles. The Bertz CT molecular complexity index is 691. The van der Waals surface area contributed by atoms with Crippen LogP contribution in [0.3, 0.4) is 0 Å². The molecule has 2 heterocycles. The number of amides is 1. The standard InChI is InChI=1S/C17H21N3O3/c1-12(21)19-14-6-4-13(5-7-14)16-18-8-9-20(16)10-15-11-22-17(2,3)23-15/h4-9,15H,10-11H2,1-3H3,(H,19,21). The molecular weight excluding hydrogens is 294 g/mol. The molecule has 6 heteroatoms. The molecule has 1 saturated heterocycles. The molecule has 0 saturated carbocycles. The first-order valence-electron chi connectivity index (χ1n) is 7.64. The van der Waals surface area contributed by atoms with Crippen LogP contribution in [0.5, 0.6) is 0 Å². The number of nitrogens with zero attached hydrogens (tertiary/aromatic N) is 2. The van der Waals surface area contributed by atoms with Crippen molar-refractivity contribution in [1.82, 2.24) is 9.55 Å². The Morgan fingerprint density at radius 3 is 2.74 bits per heavy atom. The van der Waals surface area contributed by atoms with Crippen LogP contribution >= 0.6 is 0 Å². The van der Waals surface area contributed by atoms with Crippen LogP contribution in [0.4, 0.5) is 5.69 Å². The summed E-state index contributed by atoms with van der Waals surface area (Å²) >= 11 is 0. The molecule has 1 N–H and O–H groups in total. The predicted molar refractivity (Wildman–Crippen MR) is 86.9 cm³/mol. The SMILES string of the molecule is CC(=O)Nc1ccc(-c2nccn2CC2COC(C)(C)O2)cc1. The van der Waals surface area contributed by atoms with Crippen LogP contribution in [-0.2, 0) is 20.8 Å². The molecule has 6 nitrogen and oxygen atoms in total. The second-order valence-corrected chi connectivity index (χ2v) is 6.11. The average Bonchev–Trinajstić information content (AvgIpc) is 3.06.